The number of hydrogen-bond acceptors (Lipinski definition) is 2. The maximum absolute atomic E-state index is 5.82. The Kier molecular flexibility index (Phi) is 2.96. The smallest absolute Gasteiger partial charge is 0.170 e. The van der Waals surface area contributed by atoms with Gasteiger partial charge in [-0.2, -0.15) is 0 Å². The van der Waals surface area contributed by atoms with Crippen molar-refractivity contribution in [3.63, 3.8) is 0 Å². The molecule has 1 atom stereocenters. The van der Waals surface area contributed by atoms with Gasteiger partial charge >= 0.3 is 0 Å². The van der Waals surface area contributed by atoms with Crippen LogP contribution in [0.4, 0.5) is 0 Å². The Bertz CT molecular complexity index is 360. The van der Waals surface area contributed by atoms with Crippen LogP contribution in [0, 0.1) is 0 Å². The molecule has 0 aromatic heterocycles. The lowest BCUT2D eigenvalue weighted by Gasteiger charge is -2.17. The van der Waals surface area contributed by atoms with E-state index in [9.17, 15) is 0 Å². The second-order valence-electron chi connectivity index (χ2n) is 4.17. The van der Waals surface area contributed by atoms with E-state index in [1.54, 1.807) is 6.40 Å². The molecular weight excluding hydrogens is 210 g/mol. The van der Waals surface area contributed by atoms with E-state index in [-0.39, 0.29) is 5.54 Å². The molecule has 1 aliphatic rings. The minimum atomic E-state index is -0.0420. The van der Waals surface area contributed by atoms with E-state index in [1.807, 2.05) is 12.1 Å². The molecule has 0 N–H and O–H groups in total. The van der Waals surface area contributed by atoms with Crippen LogP contribution in [0.3, 0.4) is 0 Å². The highest BCUT2D eigenvalue weighted by Crippen LogP contribution is 2.22. The largest absolute Gasteiger partial charge is 0.481 e. The van der Waals surface area contributed by atoms with Crippen LogP contribution in [0.5, 0.6) is 0 Å². The summed E-state index contributed by atoms with van der Waals surface area (Å²) in [6.45, 7) is 2.81. The average Bonchev–Trinajstić information content (AvgIpc) is 2.65. The molecule has 0 saturated heterocycles. The van der Waals surface area contributed by atoms with Crippen LogP contribution in [-0.4, -0.2) is 18.5 Å². The van der Waals surface area contributed by atoms with Crippen molar-refractivity contribution >= 4 is 18.0 Å². The highest BCUT2D eigenvalue weighted by atomic mass is 35.5. The van der Waals surface area contributed by atoms with Gasteiger partial charge in [-0.15, -0.1) is 0 Å². The maximum atomic E-state index is 5.82. The monoisotopic (exact) mass is 223 g/mol. The predicted octanol–water partition coefficient (Wildman–Crippen LogP) is 3.09. The quantitative estimate of drug-likeness (QED) is 0.772. The van der Waals surface area contributed by atoms with Crippen molar-refractivity contribution in [2.45, 2.75) is 25.3 Å². The minimum Gasteiger partial charge on any atom is -0.481 e. The molecule has 0 aliphatic carbocycles. The first-order valence-electron chi connectivity index (χ1n) is 5.08. The second kappa shape index (κ2) is 4.23. The van der Waals surface area contributed by atoms with Gasteiger partial charge in [-0.05, 0) is 37.5 Å². The molecule has 2 rings (SSSR count). The summed E-state index contributed by atoms with van der Waals surface area (Å²) in [5.74, 6) is 0. The van der Waals surface area contributed by atoms with E-state index in [2.05, 4.69) is 24.0 Å². The lowest BCUT2D eigenvalue weighted by molar-refractivity contribution is 0.264. The molecule has 1 heterocycles. The fourth-order valence-corrected chi connectivity index (χ4v) is 1.75. The van der Waals surface area contributed by atoms with Gasteiger partial charge in [0.1, 0.15) is 6.61 Å². The molecule has 1 unspecified atom stereocenters. The summed E-state index contributed by atoms with van der Waals surface area (Å²) >= 11 is 5.82. The third-order valence-corrected chi connectivity index (χ3v) is 2.95. The van der Waals surface area contributed by atoms with Crippen molar-refractivity contribution in [3.05, 3.63) is 34.9 Å². The van der Waals surface area contributed by atoms with Crippen LogP contribution >= 0.6 is 11.6 Å². The summed E-state index contributed by atoms with van der Waals surface area (Å²) < 4.78 is 5.15. The van der Waals surface area contributed by atoms with Gasteiger partial charge in [0.2, 0.25) is 0 Å². The van der Waals surface area contributed by atoms with Gasteiger partial charge in [0.05, 0.1) is 5.54 Å². The van der Waals surface area contributed by atoms with E-state index in [1.165, 1.54) is 5.56 Å². The number of benzene rings is 1. The van der Waals surface area contributed by atoms with E-state index >= 15 is 0 Å². The summed E-state index contributed by atoms with van der Waals surface area (Å²) in [6, 6.07) is 7.97. The molecule has 0 bridgehead atoms. The van der Waals surface area contributed by atoms with Crippen LogP contribution in [0.15, 0.2) is 29.3 Å². The molecule has 1 aromatic rings. The van der Waals surface area contributed by atoms with Crippen LogP contribution in [0.2, 0.25) is 5.02 Å². The normalized spacial score (nSPS) is 24.1. The van der Waals surface area contributed by atoms with E-state index in [4.69, 9.17) is 16.3 Å². The molecule has 80 valence electrons. The van der Waals surface area contributed by atoms with Gasteiger partial charge in [0, 0.05) is 5.02 Å². The summed E-state index contributed by atoms with van der Waals surface area (Å²) in [5.41, 5.74) is 1.25. The Labute approximate surface area is 94.9 Å². The molecule has 2 nitrogen and oxygen atoms in total. The average molecular weight is 224 g/mol. The molecule has 3 heteroatoms. The lowest BCUT2D eigenvalue weighted by Crippen LogP contribution is -2.24. The molecule has 0 fully saturated rings. The van der Waals surface area contributed by atoms with Crippen LogP contribution in [0.1, 0.15) is 18.9 Å². The molecular formula is C12H14ClNO. The molecule has 0 saturated carbocycles. The third-order valence-electron chi connectivity index (χ3n) is 2.70. The first-order chi connectivity index (χ1) is 7.18. The van der Waals surface area contributed by atoms with Crippen LogP contribution < -0.4 is 0 Å². The summed E-state index contributed by atoms with van der Waals surface area (Å²) in [6.07, 6.45) is 3.57. The maximum Gasteiger partial charge on any atom is 0.170 e. The van der Waals surface area contributed by atoms with Gasteiger partial charge < -0.3 is 4.74 Å². The first-order valence-corrected chi connectivity index (χ1v) is 5.46. The van der Waals surface area contributed by atoms with Gasteiger partial charge in [0.15, 0.2) is 6.40 Å². The zero-order valence-corrected chi connectivity index (χ0v) is 9.50. The minimum absolute atomic E-state index is 0.0420. The molecule has 0 amide bonds. The summed E-state index contributed by atoms with van der Waals surface area (Å²) in [5, 5.41) is 0.784. The fourth-order valence-electron chi connectivity index (χ4n) is 1.62. The number of rotatable bonds is 3. The lowest BCUT2D eigenvalue weighted by atomic mass is 9.95. The van der Waals surface area contributed by atoms with E-state index < -0.39 is 0 Å². The second-order valence-corrected chi connectivity index (χ2v) is 4.61. The molecule has 1 aliphatic heterocycles. The van der Waals surface area contributed by atoms with Crippen molar-refractivity contribution in [2.75, 3.05) is 6.61 Å². The summed E-state index contributed by atoms with van der Waals surface area (Å²) in [4.78, 5) is 4.33. The van der Waals surface area contributed by atoms with Crippen molar-refractivity contribution < 1.29 is 4.74 Å². The molecule has 15 heavy (non-hydrogen) atoms. The number of hydrogen-bond donors (Lipinski definition) is 0. The SMILES string of the molecule is CC1(CCc2ccc(Cl)cc2)COC=N1. The van der Waals surface area contributed by atoms with Crippen LogP contribution in [-0.2, 0) is 11.2 Å². The van der Waals surface area contributed by atoms with Crippen molar-refractivity contribution in [2.24, 2.45) is 4.99 Å². The molecule has 0 radical (unpaired) electrons. The Balaban J connectivity index is 1.93. The van der Waals surface area contributed by atoms with Crippen molar-refractivity contribution in [3.8, 4) is 0 Å². The topological polar surface area (TPSA) is 21.6 Å². The summed E-state index contributed by atoms with van der Waals surface area (Å²) in [7, 11) is 0. The standard InChI is InChI=1S/C12H14ClNO/c1-12(8-15-9-14-12)7-6-10-2-4-11(13)5-3-10/h2-5,9H,6-8H2,1H3. The zero-order chi connectivity index (χ0) is 10.7. The molecule has 1 aromatic carbocycles. The highest BCUT2D eigenvalue weighted by molar-refractivity contribution is 6.30. The van der Waals surface area contributed by atoms with E-state index in [0.717, 1.165) is 17.9 Å². The van der Waals surface area contributed by atoms with Gasteiger partial charge in [-0.1, -0.05) is 23.7 Å². The Morgan fingerprint density at radius 1 is 1.40 bits per heavy atom. The Hall–Kier alpha value is -1.02. The highest BCUT2D eigenvalue weighted by Gasteiger charge is 2.26. The Morgan fingerprint density at radius 3 is 2.73 bits per heavy atom. The number of aryl methyl sites for hydroxylation is 1. The number of aliphatic imine (C=N–C) groups is 1. The zero-order valence-electron chi connectivity index (χ0n) is 8.74. The van der Waals surface area contributed by atoms with Gasteiger partial charge in [-0.25, -0.2) is 4.99 Å². The molecule has 0 spiro atoms. The van der Waals surface area contributed by atoms with Gasteiger partial charge in [0.25, 0.3) is 0 Å². The Morgan fingerprint density at radius 2 is 2.13 bits per heavy atom. The van der Waals surface area contributed by atoms with Crippen LogP contribution in [0.25, 0.3) is 0 Å². The van der Waals surface area contributed by atoms with Gasteiger partial charge in [-0.3, -0.25) is 0 Å². The predicted molar refractivity (Wildman–Crippen MR) is 62.6 cm³/mol. The number of halogens is 1. The fraction of sp³-hybridized carbons (Fsp3) is 0.417. The number of ether oxygens (including phenoxy) is 1. The van der Waals surface area contributed by atoms with Crippen molar-refractivity contribution in [1.29, 1.82) is 0 Å². The number of nitrogens with zero attached hydrogens (tertiary/aromatic N) is 1. The van der Waals surface area contributed by atoms with E-state index in [0.29, 0.717) is 6.61 Å². The first kappa shape index (κ1) is 10.5. The van der Waals surface area contributed by atoms with Crippen molar-refractivity contribution in [1.82, 2.24) is 0 Å². The third kappa shape index (κ3) is 2.72.